The molecule has 0 amide bonds. The largest absolute Gasteiger partial charge is 0.481 e. The van der Waals surface area contributed by atoms with E-state index in [2.05, 4.69) is 20.4 Å². The molecule has 3 saturated heterocycles. The van der Waals surface area contributed by atoms with Crippen LogP contribution >= 0.6 is 0 Å². The summed E-state index contributed by atoms with van der Waals surface area (Å²) >= 11 is 0. The molecule has 62 heavy (non-hydrogen) atoms. The first-order chi connectivity index (χ1) is 29.0. The molecule has 6 aliphatic rings. The van der Waals surface area contributed by atoms with Gasteiger partial charge in [0.1, 0.15) is 74.1 Å². The molecule has 6 fully saturated rings. The molecule has 20 heteroatoms. The van der Waals surface area contributed by atoms with E-state index in [0.29, 0.717) is 44.9 Å². The molecule has 20 atom stereocenters. The number of carboxylic acids is 1. The Morgan fingerprint density at radius 1 is 0.742 bits per heavy atom. The van der Waals surface area contributed by atoms with Gasteiger partial charge in [-0.2, -0.15) is 0 Å². The number of hydrogen-bond donors (Lipinski definition) is 10. The number of ether oxygens (including phenoxy) is 7. The number of carbonyl (C=O) groups is 3. The van der Waals surface area contributed by atoms with Crippen LogP contribution in [-0.2, 0) is 47.5 Å². The minimum absolute atomic E-state index is 0.0117. The van der Waals surface area contributed by atoms with E-state index in [-0.39, 0.29) is 23.7 Å². The number of carbonyl (C=O) groups excluding carboxylic acids is 2. The lowest BCUT2D eigenvalue weighted by atomic mass is 9.42. The maximum atomic E-state index is 14.4. The molecule has 3 saturated carbocycles. The predicted octanol–water partition coefficient (Wildman–Crippen LogP) is -1.25. The van der Waals surface area contributed by atoms with E-state index >= 15 is 0 Å². The average Bonchev–Trinajstić information content (AvgIpc) is 3.30. The highest BCUT2D eigenvalue weighted by atomic mass is 16.8. The van der Waals surface area contributed by atoms with Crippen molar-refractivity contribution in [3.63, 3.8) is 0 Å². The van der Waals surface area contributed by atoms with Gasteiger partial charge in [0.25, 0.3) is 0 Å². The summed E-state index contributed by atoms with van der Waals surface area (Å²) in [5, 5.41) is 103. The smallest absolute Gasteiger partial charge is 0.317 e. The van der Waals surface area contributed by atoms with Crippen molar-refractivity contribution < 1.29 is 98.6 Å². The Balaban J connectivity index is 1.19. The summed E-state index contributed by atoms with van der Waals surface area (Å²) in [5.41, 5.74) is -2.21. The summed E-state index contributed by atoms with van der Waals surface area (Å²) in [6, 6.07) is 0. The fraction of sp³-hybridized carbons (Fsp3) is 0.881. The lowest BCUT2D eigenvalue weighted by molar-refractivity contribution is -0.362. The van der Waals surface area contributed by atoms with Crippen molar-refractivity contribution in [1.82, 2.24) is 0 Å². The van der Waals surface area contributed by atoms with Crippen LogP contribution in [0, 0.1) is 28.1 Å². The second kappa shape index (κ2) is 18.8. The highest BCUT2D eigenvalue weighted by Gasteiger charge is 2.64. The normalized spacial score (nSPS) is 48.6. The molecule has 20 nitrogen and oxygen atoms in total. The van der Waals surface area contributed by atoms with Gasteiger partial charge >= 0.3 is 17.9 Å². The zero-order valence-electron chi connectivity index (χ0n) is 35.7. The van der Waals surface area contributed by atoms with Gasteiger partial charge in [-0.15, -0.1) is 0 Å². The molecule has 3 heterocycles. The van der Waals surface area contributed by atoms with Crippen LogP contribution in [0.2, 0.25) is 0 Å². The molecule has 0 bridgehead atoms. The zero-order chi connectivity index (χ0) is 45.7. The van der Waals surface area contributed by atoms with Gasteiger partial charge in [0, 0.05) is 6.42 Å². The molecular formula is C42H66O20. The second-order valence-electron chi connectivity index (χ2n) is 19.3. The molecule has 0 aromatic rings. The summed E-state index contributed by atoms with van der Waals surface area (Å²) in [4.78, 5) is 37.1. The third-order valence-corrected chi connectivity index (χ3v) is 15.2. The maximum absolute atomic E-state index is 14.4. The summed E-state index contributed by atoms with van der Waals surface area (Å²) in [6.07, 6.45) is -17.5. The van der Waals surface area contributed by atoms with Crippen molar-refractivity contribution in [2.24, 2.45) is 28.1 Å². The highest BCUT2D eigenvalue weighted by molar-refractivity contribution is 5.90. The van der Waals surface area contributed by atoms with Crippen LogP contribution in [0.25, 0.3) is 0 Å². The molecule has 3 aliphatic carbocycles. The fourth-order valence-corrected chi connectivity index (χ4v) is 11.6. The van der Waals surface area contributed by atoms with Crippen LogP contribution in [0.4, 0.5) is 0 Å². The first-order valence-corrected chi connectivity index (χ1v) is 21.6. The van der Waals surface area contributed by atoms with Gasteiger partial charge in [0.05, 0.1) is 30.3 Å². The molecule has 0 aromatic heterocycles. The van der Waals surface area contributed by atoms with Gasteiger partial charge in [-0.1, -0.05) is 26.8 Å². The first-order valence-electron chi connectivity index (χ1n) is 21.6. The van der Waals surface area contributed by atoms with Gasteiger partial charge in [0.15, 0.2) is 12.6 Å². The van der Waals surface area contributed by atoms with Crippen molar-refractivity contribution in [1.29, 1.82) is 0 Å². The molecule has 10 N–H and O–H groups in total. The summed E-state index contributed by atoms with van der Waals surface area (Å²) in [7, 11) is 0. The van der Waals surface area contributed by atoms with Gasteiger partial charge in [-0.3, -0.25) is 14.4 Å². The van der Waals surface area contributed by atoms with Crippen LogP contribution in [0.15, 0.2) is 12.2 Å². The maximum Gasteiger partial charge on any atom is 0.317 e. The number of carboxylic acid groups (broad SMARTS) is 1. The van der Waals surface area contributed by atoms with Crippen molar-refractivity contribution in [2.75, 3.05) is 19.8 Å². The van der Waals surface area contributed by atoms with Crippen LogP contribution in [-0.4, -0.2) is 180 Å². The van der Waals surface area contributed by atoms with Crippen molar-refractivity contribution in [3.8, 4) is 0 Å². The van der Waals surface area contributed by atoms with E-state index in [9.17, 15) is 60.3 Å². The van der Waals surface area contributed by atoms with Gasteiger partial charge in [-0.25, -0.2) is 0 Å². The Hall–Kier alpha value is -2.41. The zero-order valence-corrected chi connectivity index (χ0v) is 35.7. The molecule has 1 unspecified atom stereocenters. The average molecular weight is 891 g/mol. The monoisotopic (exact) mass is 890 g/mol. The minimum Gasteiger partial charge on any atom is -0.481 e. The third-order valence-electron chi connectivity index (χ3n) is 15.2. The Labute approximate surface area is 359 Å². The van der Waals surface area contributed by atoms with Crippen molar-refractivity contribution in [2.45, 2.75) is 184 Å². The highest BCUT2D eigenvalue weighted by Crippen LogP contribution is 2.68. The number of esters is 2. The topological polar surface area (TPSA) is 318 Å². The first kappa shape index (κ1) is 49.0. The number of aliphatic hydroxyl groups excluding tert-OH is 9. The quantitative estimate of drug-likeness (QED) is 0.0622. The van der Waals surface area contributed by atoms with E-state index in [1.54, 1.807) is 0 Å². The Morgan fingerprint density at radius 3 is 2.03 bits per heavy atom. The lowest BCUT2D eigenvalue weighted by Gasteiger charge is -2.62. The van der Waals surface area contributed by atoms with Crippen LogP contribution in [0.1, 0.15) is 91.9 Å². The van der Waals surface area contributed by atoms with E-state index < -0.39 is 147 Å². The van der Waals surface area contributed by atoms with E-state index in [4.69, 9.17) is 38.3 Å². The van der Waals surface area contributed by atoms with Crippen LogP contribution in [0.3, 0.4) is 0 Å². The van der Waals surface area contributed by atoms with Gasteiger partial charge in [0.2, 0.25) is 6.29 Å². The van der Waals surface area contributed by atoms with Crippen molar-refractivity contribution >= 4 is 17.9 Å². The number of hydrogen-bond acceptors (Lipinski definition) is 19. The summed E-state index contributed by atoms with van der Waals surface area (Å²) < 4.78 is 40.9. The van der Waals surface area contributed by atoms with Gasteiger partial charge in [-0.05, 0) is 87.0 Å². The number of fused-ring (bicyclic) bond motifs is 3. The lowest BCUT2D eigenvalue weighted by Crippen LogP contribution is -2.63. The van der Waals surface area contributed by atoms with Crippen LogP contribution in [0.5, 0.6) is 0 Å². The molecule has 0 aromatic carbocycles. The van der Waals surface area contributed by atoms with Gasteiger partial charge < -0.3 is 84.2 Å². The number of rotatable bonds is 12. The number of aliphatic hydroxyl groups is 9. The summed E-state index contributed by atoms with van der Waals surface area (Å²) in [5.74, 6) is -3.43. The molecular weight excluding hydrogens is 824 g/mol. The molecule has 354 valence electrons. The summed E-state index contributed by atoms with van der Waals surface area (Å²) in [6.45, 7) is 10.6. The standard InChI is InChI=1S/C42H66O20/c1-19-15-39(2)11-7-25-40(3,9-6-10-41(25,4)38(55)61-36-34(54)32(52)31(51)23(59-36)18-56-27(48)14-26(46)47)24(39)8-12-42(19,5)62-37-35(33(53)30(50)22(17-44)58-37)60-28-13-20(45)29(49)21(16-43)57-28/h20-25,28-37,43-45,49-54H,1,6-18H2,2-5H3,(H,46,47)/t20-,21-,22-,23-,24-,25+,28+,29+,30-,31-,32+,33+,34-,35-,36+,37+,39-,40+,41-,42?/m1/s1. The Morgan fingerprint density at radius 2 is 1.37 bits per heavy atom. The Bertz CT molecular complexity index is 1630. The molecule has 3 aliphatic heterocycles. The molecule has 6 rings (SSSR count). The molecule has 0 radical (unpaired) electrons. The van der Waals surface area contributed by atoms with Crippen LogP contribution < -0.4 is 0 Å². The fourth-order valence-electron chi connectivity index (χ4n) is 11.6. The predicted molar refractivity (Wildman–Crippen MR) is 208 cm³/mol. The van der Waals surface area contributed by atoms with E-state index in [1.165, 1.54) is 0 Å². The Kier molecular flexibility index (Phi) is 14.9. The third kappa shape index (κ3) is 9.33. The molecule has 0 spiro atoms. The van der Waals surface area contributed by atoms with Crippen molar-refractivity contribution in [3.05, 3.63) is 12.2 Å². The second-order valence-corrected chi connectivity index (χ2v) is 19.3. The van der Waals surface area contributed by atoms with E-state index in [0.717, 1.165) is 12.0 Å². The SMILES string of the molecule is C=C1C[C@@]2(C)CC[C@H]3[C@@](C)(CCC[C@@]3(C)C(=O)O[C@@H]3O[C@H](COC(=O)CC(=O)O)[C@@H](O)[C@H](O)[C@H]3O)[C@@H]2CCC1(C)O[C@@H]1O[C@H](CO)[C@@H](O)[C@H](O)[C@H]1O[C@H]1C[C@@H](O)[C@H](O)[C@@H](CO)O1. The number of aliphatic carboxylic acids is 1. The minimum atomic E-state index is -1.85. The van der Waals surface area contributed by atoms with E-state index in [1.807, 2.05) is 13.8 Å².